The summed E-state index contributed by atoms with van der Waals surface area (Å²) in [5.41, 5.74) is 0. The van der Waals surface area contributed by atoms with Gasteiger partial charge < -0.3 is 15.2 Å². The highest BCUT2D eigenvalue weighted by atomic mass is 32.2. The molecule has 0 aromatic heterocycles. The molecular weight excluding hydrogens is 242 g/mol. The van der Waals surface area contributed by atoms with Crippen molar-refractivity contribution in [3.63, 3.8) is 0 Å². The van der Waals surface area contributed by atoms with Crippen LogP contribution in [0.15, 0.2) is 12.7 Å². The van der Waals surface area contributed by atoms with Crippen molar-refractivity contribution in [3.05, 3.63) is 12.7 Å². The van der Waals surface area contributed by atoms with Crippen molar-refractivity contribution < 1.29 is 19.4 Å². The first-order valence-corrected chi connectivity index (χ1v) is 6.53. The number of thioether (sulfide) groups is 1. The second kappa shape index (κ2) is 9.07. The van der Waals surface area contributed by atoms with Crippen molar-refractivity contribution in [1.29, 1.82) is 0 Å². The van der Waals surface area contributed by atoms with Gasteiger partial charge >= 0.3 is 5.97 Å². The molecule has 6 heteroatoms. The number of nitrogens with one attached hydrogen (secondary N) is 1. The number of carbonyl (C=O) groups is 2. The fourth-order valence-corrected chi connectivity index (χ4v) is 1.36. The first-order chi connectivity index (χ1) is 8.01. The molecule has 0 heterocycles. The fraction of sp³-hybridized carbons (Fsp3) is 0.636. The highest BCUT2D eigenvalue weighted by Gasteiger charge is 2.20. The molecule has 17 heavy (non-hydrogen) atoms. The number of aliphatic carboxylic acids is 1. The number of hydrogen-bond donors (Lipinski definition) is 2. The van der Waals surface area contributed by atoms with Crippen molar-refractivity contribution >= 4 is 23.6 Å². The van der Waals surface area contributed by atoms with Crippen LogP contribution in [-0.2, 0) is 14.3 Å². The van der Waals surface area contributed by atoms with Gasteiger partial charge in [-0.25, -0.2) is 4.79 Å². The Bertz CT molecular complexity index is 270. The molecule has 0 aliphatic carbocycles. The van der Waals surface area contributed by atoms with Crippen LogP contribution in [0.1, 0.15) is 13.3 Å². The van der Waals surface area contributed by atoms with E-state index in [9.17, 15) is 9.59 Å². The van der Waals surface area contributed by atoms with Crippen LogP contribution in [0.2, 0.25) is 0 Å². The zero-order valence-corrected chi connectivity index (χ0v) is 11.0. The Hall–Kier alpha value is -1.01. The van der Waals surface area contributed by atoms with Gasteiger partial charge in [-0.1, -0.05) is 13.0 Å². The van der Waals surface area contributed by atoms with E-state index < -0.39 is 12.0 Å². The van der Waals surface area contributed by atoms with E-state index in [-0.39, 0.29) is 24.4 Å². The maximum Gasteiger partial charge on any atom is 0.328 e. The average Bonchev–Trinajstić information content (AvgIpc) is 2.27. The predicted molar refractivity (Wildman–Crippen MR) is 68.2 cm³/mol. The first kappa shape index (κ1) is 16.0. The smallest absolute Gasteiger partial charge is 0.328 e. The fourth-order valence-electron chi connectivity index (χ4n) is 1.04. The molecule has 0 spiro atoms. The SMILES string of the molecule is C=CCOCC(NC(=O)CC(C)SC)C(=O)O. The average molecular weight is 261 g/mol. The van der Waals surface area contributed by atoms with E-state index >= 15 is 0 Å². The molecule has 0 aliphatic heterocycles. The summed E-state index contributed by atoms with van der Waals surface area (Å²) in [5.74, 6) is -1.37. The molecule has 1 amide bonds. The summed E-state index contributed by atoms with van der Waals surface area (Å²) < 4.78 is 5.02. The summed E-state index contributed by atoms with van der Waals surface area (Å²) in [6.07, 6.45) is 3.72. The van der Waals surface area contributed by atoms with E-state index in [0.717, 1.165) is 0 Å². The van der Waals surface area contributed by atoms with Gasteiger partial charge in [-0.3, -0.25) is 4.79 Å². The van der Waals surface area contributed by atoms with Crippen molar-refractivity contribution in [2.45, 2.75) is 24.6 Å². The van der Waals surface area contributed by atoms with Gasteiger partial charge in [0.25, 0.3) is 0 Å². The van der Waals surface area contributed by atoms with Crippen molar-refractivity contribution in [3.8, 4) is 0 Å². The number of carbonyl (C=O) groups excluding carboxylic acids is 1. The van der Waals surface area contributed by atoms with Gasteiger partial charge in [0.05, 0.1) is 13.2 Å². The topological polar surface area (TPSA) is 75.6 Å². The third-order valence-electron chi connectivity index (χ3n) is 2.03. The normalized spacial score (nSPS) is 13.8. The predicted octanol–water partition coefficient (Wildman–Crippen LogP) is 0.900. The summed E-state index contributed by atoms with van der Waals surface area (Å²) in [4.78, 5) is 22.4. The molecule has 0 saturated carbocycles. The van der Waals surface area contributed by atoms with Crippen LogP contribution in [0.4, 0.5) is 0 Å². The molecule has 2 atom stereocenters. The van der Waals surface area contributed by atoms with Crippen LogP contribution in [0.3, 0.4) is 0 Å². The van der Waals surface area contributed by atoms with Crippen LogP contribution in [0.5, 0.6) is 0 Å². The highest BCUT2D eigenvalue weighted by Crippen LogP contribution is 2.09. The van der Waals surface area contributed by atoms with E-state index in [4.69, 9.17) is 9.84 Å². The summed E-state index contributed by atoms with van der Waals surface area (Å²) in [5, 5.41) is 11.5. The van der Waals surface area contributed by atoms with Gasteiger partial charge in [0.15, 0.2) is 6.04 Å². The number of carboxylic acid groups (broad SMARTS) is 1. The van der Waals surface area contributed by atoms with E-state index in [1.54, 1.807) is 11.8 Å². The molecule has 2 N–H and O–H groups in total. The Labute approximate surface area is 106 Å². The van der Waals surface area contributed by atoms with Gasteiger partial charge in [0.1, 0.15) is 0 Å². The Morgan fingerprint density at radius 2 is 2.24 bits per heavy atom. The third kappa shape index (κ3) is 7.82. The van der Waals surface area contributed by atoms with E-state index in [1.165, 1.54) is 6.08 Å². The molecule has 5 nitrogen and oxygen atoms in total. The molecule has 0 aromatic carbocycles. The molecule has 0 aromatic rings. The van der Waals surface area contributed by atoms with Gasteiger partial charge in [-0.15, -0.1) is 6.58 Å². The molecule has 98 valence electrons. The van der Waals surface area contributed by atoms with E-state index in [0.29, 0.717) is 6.42 Å². The minimum absolute atomic E-state index is 0.0548. The highest BCUT2D eigenvalue weighted by molar-refractivity contribution is 7.99. The minimum atomic E-state index is -1.10. The van der Waals surface area contributed by atoms with Crippen molar-refractivity contribution in [2.75, 3.05) is 19.5 Å². The molecule has 0 saturated heterocycles. The van der Waals surface area contributed by atoms with Crippen LogP contribution in [0, 0.1) is 0 Å². The maximum absolute atomic E-state index is 11.5. The maximum atomic E-state index is 11.5. The third-order valence-corrected chi connectivity index (χ3v) is 3.00. The van der Waals surface area contributed by atoms with Gasteiger partial charge in [-0.05, 0) is 6.26 Å². The number of ether oxygens (including phenoxy) is 1. The molecule has 0 bridgehead atoms. The lowest BCUT2D eigenvalue weighted by Crippen LogP contribution is -2.44. The Balaban J connectivity index is 4.10. The van der Waals surface area contributed by atoms with Crippen LogP contribution < -0.4 is 5.32 Å². The quantitative estimate of drug-likeness (QED) is 0.476. The van der Waals surface area contributed by atoms with Gasteiger partial charge in [-0.2, -0.15) is 11.8 Å². The van der Waals surface area contributed by atoms with Crippen molar-refractivity contribution in [1.82, 2.24) is 5.32 Å². The Kier molecular flexibility index (Phi) is 8.53. The molecule has 0 fully saturated rings. The number of amides is 1. The lowest BCUT2D eigenvalue weighted by molar-refractivity contribution is -0.143. The van der Waals surface area contributed by atoms with Gasteiger partial charge in [0.2, 0.25) is 5.91 Å². The van der Waals surface area contributed by atoms with Gasteiger partial charge in [0, 0.05) is 11.7 Å². The Morgan fingerprint density at radius 1 is 1.59 bits per heavy atom. The first-order valence-electron chi connectivity index (χ1n) is 5.24. The number of carboxylic acids is 1. The molecule has 0 rings (SSSR count). The zero-order chi connectivity index (χ0) is 13.3. The van der Waals surface area contributed by atoms with E-state index in [1.807, 2.05) is 13.2 Å². The molecule has 0 aliphatic rings. The zero-order valence-electron chi connectivity index (χ0n) is 10.1. The van der Waals surface area contributed by atoms with Crippen LogP contribution >= 0.6 is 11.8 Å². The second-order valence-corrected chi connectivity index (χ2v) is 4.81. The van der Waals surface area contributed by atoms with Crippen molar-refractivity contribution in [2.24, 2.45) is 0 Å². The summed E-state index contributed by atoms with van der Waals surface area (Å²) in [6, 6.07) is -1.00. The minimum Gasteiger partial charge on any atom is -0.480 e. The molecular formula is C11H19NO4S. The summed E-state index contributed by atoms with van der Waals surface area (Å²) in [7, 11) is 0. The lowest BCUT2D eigenvalue weighted by Gasteiger charge is -2.15. The molecule has 2 unspecified atom stereocenters. The Morgan fingerprint density at radius 3 is 2.71 bits per heavy atom. The van der Waals surface area contributed by atoms with E-state index in [2.05, 4.69) is 11.9 Å². The standard InChI is InChI=1S/C11H19NO4S/c1-4-5-16-7-9(11(14)15)12-10(13)6-8(2)17-3/h4,8-9H,1,5-7H2,2-3H3,(H,12,13)(H,14,15). The monoisotopic (exact) mass is 261 g/mol. The number of hydrogen-bond acceptors (Lipinski definition) is 4. The lowest BCUT2D eigenvalue weighted by atomic mass is 10.2. The largest absolute Gasteiger partial charge is 0.480 e. The summed E-state index contributed by atoms with van der Waals surface area (Å²) in [6.45, 7) is 5.57. The molecule has 0 radical (unpaired) electrons. The summed E-state index contributed by atoms with van der Waals surface area (Å²) >= 11 is 1.56. The second-order valence-electron chi connectivity index (χ2n) is 3.53. The van der Waals surface area contributed by atoms with Crippen LogP contribution in [0.25, 0.3) is 0 Å². The van der Waals surface area contributed by atoms with Crippen LogP contribution in [-0.4, -0.2) is 47.7 Å². The number of rotatable bonds is 9.